The zero-order chi connectivity index (χ0) is 12.3. The molecule has 0 spiro atoms. The van der Waals surface area contributed by atoms with Crippen LogP contribution in [0.15, 0.2) is 18.6 Å². The van der Waals surface area contributed by atoms with Crippen molar-refractivity contribution >= 4 is 17.0 Å². The minimum atomic E-state index is -0.692. The van der Waals surface area contributed by atoms with Crippen molar-refractivity contribution in [3.05, 3.63) is 18.6 Å². The predicted octanol–water partition coefficient (Wildman–Crippen LogP) is 1.29. The molecule has 6 nitrogen and oxygen atoms in total. The number of hydrogen-bond donors (Lipinski definition) is 1. The molecule has 0 fully saturated rings. The Morgan fingerprint density at radius 3 is 3.12 bits per heavy atom. The maximum Gasteiger partial charge on any atom is 0.347 e. The van der Waals surface area contributed by atoms with Crippen LogP contribution in [0.4, 0.5) is 0 Å². The van der Waals surface area contributed by atoms with Crippen LogP contribution in [0, 0.1) is 0 Å². The third kappa shape index (κ3) is 2.35. The molecule has 0 bridgehead atoms. The number of fused-ring (bicyclic) bond motifs is 1. The van der Waals surface area contributed by atoms with E-state index in [0.717, 1.165) is 5.39 Å². The summed E-state index contributed by atoms with van der Waals surface area (Å²) in [7, 11) is 0. The molecule has 1 atom stereocenters. The highest BCUT2D eigenvalue weighted by Crippen LogP contribution is 2.20. The van der Waals surface area contributed by atoms with Crippen LogP contribution in [-0.2, 0) is 9.53 Å². The summed E-state index contributed by atoms with van der Waals surface area (Å²) in [6.45, 7) is 3.70. The molecule has 0 saturated heterocycles. The van der Waals surface area contributed by atoms with E-state index in [1.54, 1.807) is 26.1 Å². The molecule has 17 heavy (non-hydrogen) atoms. The van der Waals surface area contributed by atoms with Gasteiger partial charge in [0.25, 0.3) is 0 Å². The zero-order valence-electron chi connectivity index (χ0n) is 9.64. The number of H-pyrrole nitrogens is 1. The summed E-state index contributed by atoms with van der Waals surface area (Å²) in [6, 6.07) is 1.79. The Labute approximate surface area is 98.0 Å². The van der Waals surface area contributed by atoms with Crippen molar-refractivity contribution in [2.24, 2.45) is 0 Å². The Morgan fingerprint density at radius 1 is 1.53 bits per heavy atom. The Balaban J connectivity index is 2.18. The van der Waals surface area contributed by atoms with Crippen molar-refractivity contribution in [2.75, 3.05) is 6.61 Å². The number of carbonyl (C=O) groups is 1. The molecule has 2 aromatic heterocycles. The zero-order valence-corrected chi connectivity index (χ0v) is 9.64. The Kier molecular flexibility index (Phi) is 3.22. The summed E-state index contributed by atoms with van der Waals surface area (Å²) < 4.78 is 10.3. The maximum absolute atomic E-state index is 11.4. The molecule has 0 aliphatic heterocycles. The number of nitrogens with one attached hydrogen (secondary N) is 1. The van der Waals surface area contributed by atoms with Gasteiger partial charge in [-0.1, -0.05) is 0 Å². The first-order valence-electron chi connectivity index (χ1n) is 5.33. The van der Waals surface area contributed by atoms with Gasteiger partial charge >= 0.3 is 5.97 Å². The lowest BCUT2D eigenvalue weighted by atomic mass is 10.4. The second-order valence-corrected chi connectivity index (χ2v) is 3.43. The van der Waals surface area contributed by atoms with Crippen molar-refractivity contribution in [3.63, 3.8) is 0 Å². The normalized spacial score (nSPS) is 12.4. The molecule has 0 aliphatic rings. The summed E-state index contributed by atoms with van der Waals surface area (Å²) in [4.78, 5) is 22.4. The molecule has 0 aromatic carbocycles. The standard InChI is InChI=1S/C11H13N3O3/c1-3-16-11(15)7(2)17-10-8-4-5-12-9(8)13-6-14-10/h4-7H,3H2,1-2H3,(H,12,13,14). The van der Waals surface area contributed by atoms with E-state index in [1.807, 2.05) is 0 Å². The SMILES string of the molecule is CCOC(=O)C(C)Oc1ncnc2[nH]ccc12. The van der Waals surface area contributed by atoms with Gasteiger partial charge in [0, 0.05) is 6.20 Å². The van der Waals surface area contributed by atoms with Gasteiger partial charge < -0.3 is 14.5 Å². The number of esters is 1. The molecular weight excluding hydrogens is 222 g/mol. The maximum atomic E-state index is 11.4. The van der Waals surface area contributed by atoms with Gasteiger partial charge in [-0.3, -0.25) is 0 Å². The van der Waals surface area contributed by atoms with Crippen LogP contribution < -0.4 is 4.74 Å². The fraction of sp³-hybridized carbons (Fsp3) is 0.364. The largest absolute Gasteiger partial charge is 0.463 e. The van der Waals surface area contributed by atoms with E-state index in [0.29, 0.717) is 18.1 Å². The van der Waals surface area contributed by atoms with Crippen molar-refractivity contribution in [3.8, 4) is 5.88 Å². The Bertz CT molecular complexity index is 523. The number of hydrogen-bond acceptors (Lipinski definition) is 5. The summed E-state index contributed by atoms with van der Waals surface area (Å²) in [6.07, 6.45) is 2.43. The average molecular weight is 235 g/mol. The molecule has 0 amide bonds. The first-order chi connectivity index (χ1) is 8.22. The van der Waals surface area contributed by atoms with Gasteiger partial charge in [-0.05, 0) is 19.9 Å². The number of ether oxygens (including phenoxy) is 2. The van der Waals surface area contributed by atoms with Gasteiger partial charge in [-0.25, -0.2) is 14.8 Å². The van der Waals surface area contributed by atoms with Crippen LogP contribution in [0.5, 0.6) is 5.88 Å². The van der Waals surface area contributed by atoms with E-state index in [1.165, 1.54) is 6.33 Å². The number of aromatic amines is 1. The molecule has 0 aliphatic carbocycles. The fourth-order valence-electron chi connectivity index (χ4n) is 1.42. The lowest BCUT2D eigenvalue weighted by molar-refractivity contribution is -0.150. The monoisotopic (exact) mass is 235 g/mol. The average Bonchev–Trinajstić information content (AvgIpc) is 2.78. The second kappa shape index (κ2) is 4.82. The van der Waals surface area contributed by atoms with Crippen LogP contribution >= 0.6 is 0 Å². The Morgan fingerprint density at radius 2 is 2.35 bits per heavy atom. The smallest absolute Gasteiger partial charge is 0.347 e. The van der Waals surface area contributed by atoms with Crippen LogP contribution in [0.3, 0.4) is 0 Å². The van der Waals surface area contributed by atoms with Crippen LogP contribution in [-0.4, -0.2) is 33.6 Å². The number of rotatable bonds is 4. The summed E-state index contributed by atoms with van der Waals surface area (Å²) >= 11 is 0. The van der Waals surface area contributed by atoms with Gasteiger partial charge in [-0.2, -0.15) is 0 Å². The van der Waals surface area contributed by atoms with Gasteiger partial charge in [0.2, 0.25) is 5.88 Å². The first-order valence-corrected chi connectivity index (χ1v) is 5.33. The van der Waals surface area contributed by atoms with Crippen LogP contribution in [0.1, 0.15) is 13.8 Å². The first kappa shape index (κ1) is 11.4. The van der Waals surface area contributed by atoms with E-state index in [2.05, 4.69) is 15.0 Å². The molecule has 2 rings (SSSR count). The third-order valence-corrected chi connectivity index (χ3v) is 2.22. The van der Waals surface area contributed by atoms with E-state index < -0.39 is 12.1 Å². The second-order valence-electron chi connectivity index (χ2n) is 3.43. The lowest BCUT2D eigenvalue weighted by Crippen LogP contribution is -2.26. The third-order valence-electron chi connectivity index (χ3n) is 2.22. The summed E-state index contributed by atoms with van der Waals surface area (Å²) in [5, 5.41) is 0.739. The fourth-order valence-corrected chi connectivity index (χ4v) is 1.42. The molecule has 1 unspecified atom stereocenters. The highest BCUT2D eigenvalue weighted by molar-refractivity contribution is 5.81. The van der Waals surface area contributed by atoms with E-state index in [9.17, 15) is 4.79 Å². The van der Waals surface area contributed by atoms with Gasteiger partial charge in [-0.15, -0.1) is 0 Å². The van der Waals surface area contributed by atoms with Crippen molar-refractivity contribution in [2.45, 2.75) is 20.0 Å². The number of nitrogens with zero attached hydrogens (tertiary/aromatic N) is 2. The van der Waals surface area contributed by atoms with E-state index >= 15 is 0 Å². The minimum absolute atomic E-state index is 0.329. The Hall–Kier alpha value is -2.11. The molecule has 90 valence electrons. The molecule has 0 radical (unpaired) electrons. The van der Waals surface area contributed by atoms with Crippen molar-refractivity contribution < 1.29 is 14.3 Å². The topological polar surface area (TPSA) is 77.1 Å². The van der Waals surface area contributed by atoms with Gasteiger partial charge in [0.05, 0.1) is 12.0 Å². The van der Waals surface area contributed by atoms with Gasteiger partial charge in [0.15, 0.2) is 6.10 Å². The van der Waals surface area contributed by atoms with Crippen LogP contribution in [0.25, 0.3) is 11.0 Å². The lowest BCUT2D eigenvalue weighted by Gasteiger charge is -2.12. The number of aromatic nitrogens is 3. The quantitative estimate of drug-likeness (QED) is 0.808. The highest BCUT2D eigenvalue weighted by atomic mass is 16.6. The summed E-state index contributed by atoms with van der Waals surface area (Å²) in [5.74, 6) is -0.0356. The van der Waals surface area contributed by atoms with Crippen molar-refractivity contribution in [1.82, 2.24) is 15.0 Å². The van der Waals surface area contributed by atoms with E-state index in [-0.39, 0.29) is 0 Å². The van der Waals surface area contributed by atoms with Crippen molar-refractivity contribution in [1.29, 1.82) is 0 Å². The molecule has 0 saturated carbocycles. The molecule has 2 aromatic rings. The number of carbonyl (C=O) groups excluding carboxylic acids is 1. The minimum Gasteiger partial charge on any atom is -0.463 e. The molecular formula is C11H13N3O3. The predicted molar refractivity (Wildman–Crippen MR) is 60.6 cm³/mol. The molecule has 2 heterocycles. The molecule has 1 N–H and O–H groups in total. The van der Waals surface area contributed by atoms with Crippen LogP contribution in [0.2, 0.25) is 0 Å². The highest BCUT2D eigenvalue weighted by Gasteiger charge is 2.18. The summed E-state index contributed by atoms with van der Waals surface area (Å²) in [5.41, 5.74) is 0.672. The van der Waals surface area contributed by atoms with E-state index in [4.69, 9.17) is 9.47 Å². The van der Waals surface area contributed by atoms with Gasteiger partial charge in [0.1, 0.15) is 12.0 Å². The molecule has 6 heteroatoms.